The summed E-state index contributed by atoms with van der Waals surface area (Å²) in [5, 5.41) is 0.255. The Balaban J connectivity index is 2.31. The van der Waals surface area contributed by atoms with Crippen LogP contribution in [-0.4, -0.2) is 21.2 Å². The molecular formula is C14H8F5N3S. The van der Waals surface area contributed by atoms with Crippen LogP contribution in [0.4, 0.5) is 22.0 Å². The maximum Gasteiger partial charge on any atom is 0.419 e. The van der Waals surface area contributed by atoms with Gasteiger partial charge in [-0.2, -0.15) is 13.2 Å². The molecule has 0 radical (unpaired) electrons. The summed E-state index contributed by atoms with van der Waals surface area (Å²) in [4.78, 5) is 10.2. The van der Waals surface area contributed by atoms with Crippen LogP contribution in [0, 0.1) is 11.6 Å². The molecule has 3 nitrogen and oxygen atoms in total. The third-order valence-electron chi connectivity index (χ3n) is 3.23. The maximum absolute atomic E-state index is 13.5. The Hall–Kier alpha value is -2.16. The SMILES string of the molecule is CSc1ncc(C(F)(F)F)c(-c2c[nH]c3cc(F)c(F)cc23)n1. The van der Waals surface area contributed by atoms with E-state index >= 15 is 0 Å². The van der Waals surface area contributed by atoms with Crippen molar-refractivity contribution in [1.29, 1.82) is 0 Å². The van der Waals surface area contributed by atoms with E-state index in [9.17, 15) is 22.0 Å². The molecule has 9 heteroatoms. The number of halogens is 5. The van der Waals surface area contributed by atoms with Crippen LogP contribution in [0.2, 0.25) is 0 Å². The van der Waals surface area contributed by atoms with Gasteiger partial charge in [-0.3, -0.25) is 0 Å². The zero-order valence-corrected chi connectivity index (χ0v) is 12.3. The molecular weight excluding hydrogens is 337 g/mol. The van der Waals surface area contributed by atoms with Crippen LogP contribution in [0.25, 0.3) is 22.2 Å². The fourth-order valence-electron chi connectivity index (χ4n) is 2.19. The lowest BCUT2D eigenvalue weighted by Gasteiger charge is -2.12. The number of nitrogens with one attached hydrogen (secondary N) is 1. The van der Waals surface area contributed by atoms with Crippen molar-refractivity contribution in [3.05, 3.63) is 41.7 Å². The molecule has 0 spiro atoms. The van der Waals surface area contributed by atoms with E-state index in [1.165, 1.54) is 6.20 Å². The van der Waals surface area contributed by atoms with E-state index in [1.807, 2.05) is 0 Å². The Labute approximate surface area is 130 Å². The molecule has 0 bridgehead atoms. The minimum absolute atomic E-state index is 0.0314. The summed E-state index contributed by atoms with van der Waals surface area (Å²) < 4.78 is 66.3. The first kappa shape index (κ1) is 15.7. The summed E-state index contributed by atoms with van der Waals surface area (Å²) in [6.45, 7) is 0. The van der Waals surface area contributed by atoms with E-state index < -0.39 is 23.4 Å². The Kier molecular flexibility index (Phi) is 3.75. The number of H-pyrrole nitrogens is 1. The lowest BCUT2D eigenvalue weighted by molar-refractivity contribution is -0.137. The average Bonchev–Trinajstić information content (AvgIpc) is 2.88. The van der Waals surface area contributed by atoms with E-state index in [4.69, 9.17) is 0 Å². The first-order chi connectivity index (χ1) is 10.8. The lowest BCUT2D eigenvalue weighted by atomic mass is 10.1. The number of nitrogens with zero attached hydrogens (tertiary/aromatic N) is 2. The highest BCUT2D eigenvalue weighted by Crippen LogP contribution is 2.39. The van der Waals surface area contributed by atoms with Crippen molar-refractivity contribution in [1.82, 2.24) is 15.0 Å². The van der Waals surface area contributed by atoms with Crippen molar-refractivity contribution in [3.8, 4) is 11.3 Å². The molecule has 0 aliphatic rings. The van der Waals surface area contributed by atoms with Crippen molar-refractivity contribution < 1.29 is 22.0 Å². The van der Waals surface area contributed by atoms with Crippen molar-refractivity contribution in [2.75, 3.05) is 6.26 Å². The molecule has 3 rings (SSSR count). The quantitative estimate of drug-likeness (QED) is 0.418. The standard InChI is InChI=1S/C14H8F5N3S/c1-23-13-21-5-8(14(17,18)19)12(22-13)7-4-20-11-3-10(16)9(15)2-6(7)11/h2-5,20H,1H3. The summed E-state index contributed by atoms with van der Waals surface area (Å²) in [6.07, 6.45) is -1.12. The van der Waals surface area contributed by atoms with E-state index in [0.717, 1.165) is 23.9 Å². The fraction of sp³-hybridized carbons (Fsp3) is 0.143. The normalized spacial score (nSPS) is 12.1. The lowest BCUT2D eigenvalue weighted by Crippen LogP contribution is -2.10. The molecule has 0 saturated carbocycles. The van der Waals surface area contributed by atoms with Gasteiger partial charge in [0.2, 0.25) is 0 Å². The van der Waals surface area contributed by atoms with Gasteiger partial charge < -0.3 is 4.98 Å². The van der Waals surface area contributed by atoms with Gasteiger partial charge in [0.25, 0.3) is 0 Å². The molecule has 120 valence electrons. The number of fused-ring (bicyclic) bond motifs is 1. The molecule has 2 heterocycles. The second-order valence-corrected chi connectivity index (χ2v) is 5.40. The van der Waals surface area contributed by atoms with Gasteiger partial charge in [-0.15, -0.1) is 0 Å². The average molecular weight is 345 g/mol. The van der Waals surface area contributed by atoms with Crippen LogP contribution < -0.4 is 0 Å². The number of rotatable bonds is 2. The zero-order chi connectivity index (χ0) is 16.8. The molecule has 1 N–H and O–H groups in total. The summed E-state index contributed by atoms with van der Waals surface area (Å²) in [7, 11) is 0. The summed E-state index contributed by atoms with van der Waals surface area (Å²) in [5.41, 5.74) is -1.21. The molecule has 0 aliphatic carbocycles. The Morgan fingerprint density at radius 2 is 1.83 bits per heavy atom. The molecule has 1 aromatic carbocycles. The number of thioether (sulfide) groups is 1. The van der Waals surface area contributed by atoms with Crippen LogP contribution in [0.15, 0.2) is 29.7 Å². The van der Waals surface area contributed by atoms with Gasteiger partial charge in [-0.1, -0.05) is 11.8 Å². The summed E-state index contributed by atoms with van der Waals surface area (Å²) >= 11 is 1.08. The summed E-state index contributed by atoms with van der Waals surface area (Å²) in [5.74, 6) is -2.24. The molecule has 0 atom stereocenters. The summed E-state index contributed by atoms with van der Waals surface area (Å²) in [6, 6.07) is 1.73. The van der Waals surface area contributed by atoms with Crippen LogP contribution in [0.3, 0.4) is 0 Å². The van der Waals surface area contributed by atoms with E-state index in [1.54, 1.807) is 6.26 Å². The first-order valence-electron chi connectivity index (χ1n) is 6.26. The molecule has 0 fully saturated rings. The number of alkyl halides is 3. The second kappa shape index (κ2) is 5.48. The minimum Gasteiger partial charge on any atom is -0.360 e. The maximum atomic E-state index is 13.5. The molecule has 3 aromatic rings. The Bertz CT molecular complexity index is 888. The predicted molar refractivity (Wildman–Crippen MR) is 76.0 cm³/mol. The van der Waals surface area contributed by atoms with Crippen molar-refractivity contribution in [3.63, 3.8) is 0 Å². The van der Waals surface area contributed by atoms with Crippen LogP contribution in [0.1, 0.15) is 5.56 Å². The van der Waals surface area contributed by atoms with E-state index in [-0.39, 0.29) is 27.3 Å². The fourth-order valence-corrected chi connectivity index (χ4v) is 2.53. The van der Waals surface area contributed by atoms with Crippen molar-refractivity contribution in [2.24, 2.45) is 0 Å². The monoisotopic (exact) mass is 345 g/mol. The van der Waals surface area contributed by atoms with Gasteiger partial charge >= 0.3 is 6.18 Å². The number of aromatic amines is 1. The van der Waals surface area contributed by atoms with Crippen LogP contribution >= 0.6 is 11.8 Å². The Morgan fingerprint density at radius 1 is 1.13 bits per heavy atom. The Morgan fingerprint density at radius 3 is 2.48 bits per heavy atom. The molecule has 2 aromatic heterocycles. The van der Waals surface area contributed by atoms with Gasteiger partial charge in [0.05, 0.1) is 5.69 Å². The van der Waals surface area contributed by atoms with Gasteiger partial charge in [0.15, 0.2) is 16.8 Å². The highest BCUT2D eigenvalue weighted by atomic mass is 32.2. The number of aromatic nitrogens is 3. The molecule has 0 aliphatic heterocycles. The highest BCUT2D eigenvalue weighted by molar-refractivity contribution is 7.98. The largest absolute Gasteiger partial charge is 0.419 e. The minimum atomic E-state index is -4.67. The highest BCUT2D eigenvalue weighted by Gasteiger charge is 2.36. The zero-order valence-electron chi connectivity index (χ0n) is 11.5. The van der Waals surface area contributed by atoms with Gasteiger partial charge in [0.1, 0.15) is 5.56 Å². The molecule has 0 unspecified atom stereocenters. The van der Waals surface area contributed by atoms with Crippen molar-refractivity contribution in [2.45, 2.75) is 11.3 Å². The first-order valence-corrected chi connectivity index (χ1v) is 7.48. The van der Waals surface area contributed by atoms with E-state index in [2.05, 4.69) is 15.0 Å². The van der Waals surface area contributed by atoms with Gasteiger partial charge in [0, 0.05) is 34.9 Å². The third-order valence-corrected chi connectivity index (χ3v) is 3.79. The smallest absolute Gasteiger partial charge is 0.360 e. The third kappa shape index (κ3) is 2.76. The van der Waals surface area contributed by atoms with Crippen LogP contribution in [-0.2, 0) is 6.18 Å². The van der Waals surface area contributed by atoms with E-state index in [0.29, 0.717) is 6.20 Å². The number of benzene rings is 1. The molecule has 0 amide bonds. The van der Waals surface area contributed by atoms with Crippen molar-refractivity contribution >= 4 is 22.7 Å². The predicted octanol–water partition coefficient (Wildman–Crippen LogP) is 4.64. The number of hydrogen-bond donors (Lipinski definition) is 1. The number of hydrogen-bond acceptors (Lipinski definition) is 3. The molecule has 0 saturated heterocycles. The van der Waals surface area contributed by atoms with Crippen LogP contribution in [0.5, 0.6) is 0 Å². The second-order valence-electron chi connectivity index (χ2n) is 4.63. The molecule has 23 heavy (non-hydrogen) atoms. The van der Waals surface area contributed by atoms with Gasteiger partial charge in [-0.05, 0) is 12.3 Å². The topological polar surface area (TPSA) is 41.6 Å². The van der Waals surface area contributed by atoms with Gasteiger partial charge in [-0.25, -0.2) is 18.7 Å².